The Labute approximate surface area is 186 Å². The van der Waals surface area contributed by atoms with Crippen LogP contribution in [0.1, 0.15) is 31.0 Å². The number of likely N-dealkylation sites (tertiary alicyclic amines) is 1. The molecule has 1 aliphatic heterocycles. The maximum atomic E-state index is 13.0. The van der Waals surface area contributed by atoms with E-state index < -0.39 is 17.7 Å². The molecule has 2 aromatic carbocycles. The summed E-state index contributed by atoms with van der Waals surface area (Å²) >= 11 is 0. The van der Waals surface area contributed by atoms with Gasteiger partial charge in [0.25, 0.3) is 11.7 Å². The van der Waals surface area contributed by atoms with Gasteiger partial charge in [-0.2, -0.15) is 0 Å². The first-order chi connectivity index (χ1) is 15.3. The van der Waals surface area contributed by atoms with E-state index in [-0.39, 0.29) is 47.7 Å². The number of aromatic hydroxyl groups is 1. The Kier molecular flexibility index (Phi) is 7.05. The molecular weight excluding hydrogens is 414 g/mol. The van der Waals surface area contributed by atoms with Crippen molar-refractivity contribution in [3.63, 3.8) is 0 Å². The quantitative estimate of drug-likeness (QED) is 0.368. The van der Waals surface area contributed by atoms with Crippen molar-refractivity contribution in [3.8, 4) is 17.2 Å². The van der Waals surface area contributed by atoms with Crippen molar-refractivity contribution in [3.05, 3.63) is 59.2 Å². The van der Waals surface area contributed by atoms with Gasteiger partial charge >= 0.3 is 0 Å². The molecule has 2 aromatic rings. The van der Waals surface area contributed by atoms with Crippen LogP contribution in [0.3, 0.4) is 0 Å². The lowest BCUT2D eigenvalue weighted by Crippen LogP contribution is -2.33. The molecule has 0 aliphatic carbocycles. The van der Waals surface area contributed by atoms with Crippen LogP contribution in [-0.4, -0.2) is 60.3 Å². The number of Topliss-reactive ketones (excluding diaryl/α,β-unsaturated/α-hetero) is 1. The average Bonchev–Trinajstić information content (AvgIpc) is 3.03. The first-order valence-electron chi connectivity index (χ1n) is 10.2. The maximum Gasteiger partial charge on any atom is 0.295 e. The molecule has 1 heterocycles. The maximum absolute atomic E-state index is 13.0. The van der Waals surface area contributed by atoms with Gasteiger partial charge in [0.15, 0.2) is 11.5 Å². The number of ketones is 1. The number of aliphatic hydroxyl groups is 1. The molecule has 1 unspecified atom stereocenters. The summed E-state index contributed by atoms with van der Waals surface area (Å²) in [5.74, 6) is -1.47. The van der Waals surface area contributed by atoms with E-state index >= 15 is 0 Å². The minimum absolute atomic E-state index is 0.0520. The number of ether oxygens (including phenoxy) is 3. The first kappa shape index (κ1) is 23.1. The number of benzene rings is 2. The Balaban J connectivity index is 2.16. The molecule has 3 rings (SSSR count). The molecule has 8 heteroatoms. The number of carbonyl (C=O) groups excluding carboxylic acids is 2. The van der Waals surface area contributed by atoms with E-state index in [4.69, 9.17) is 14.2 Å². The van der Waals surface area contributed by atoms with Gasteiger partial charge in [-0.1, -0.05) is 18.2 Å². The standard InChI is InChI=1S/C24H27NO7/c1-14(2)32-12-11-25-21(15-9-10-19(31-4)17(26)13-15)20(23(28)24(25)29)22(27)16-7-5-6-8-18(16)30-3/h5-10,13-14,21,26-27H,11-12H2,1-4H3/b22-20-. The normalized spacial score (nSPS) is 17.8. The Morgan fingerprint density at radius 2 is 1.75 bits per heavy atom. The van der Waals surface area contributed by atoms with Crippen LogP contribution >= 0.6 is 0 Å². The van der Waals surface area contributed by atoms with E-state index in [1.807, 2.05) is 13.8 Å². The molecule has 8 nitrogen and oxygen atoms in total. The van der Waals surface area contributed by atoms with Crippen molar-refractivity contribution in [2.75, 3.05) is 27.4 Å². The fraction of sp³-hybridized carbons (Fsp3) is 0.333. The molecule has 1 amide bonds. The van der Waals surface area contributed by atoms with Gasteiger partial charge in [-0.15, -0.1) is 0 Å². The SMILES string of the molecule is COc1ccc(C2/C(=C(/O)c3ccccc3OC)C(=O)C(=O)N2CCOC(C)C)cc1O. The third kappa shape index (κ3) is 4.40. The number of methoxy groups -OCH3 is 2. The highest BCUT2D eigenvalue weighted by Gasteiger charge is 2.46. The van der Waals surface area contributed by atoms with Crippen molar-refractivity contribution >= 4 is 17.4 Å². The Morgan fingerprint density at radius 3 is 2.38 bits per heavy atom. The van der Waals surface area contributed by atoms with Crippen molar-refractivity contribution in [2.24, 2.45) is 0 Å². The van der Waals surface area contributed by atoms with E-state index in [0.29, 0.717) is 11.3 Å². The number of rotatable bonds is 8. The number of aliphatic hydroxyl groups excluding tert-OH is 1. The fourth-order valence-corrected chi connectivity index (χ4v) is 3.71. The third-order valence-electron chi connectivity index (χ3n) is 5.20. The van der Waals surface area contributed by atoms with Crippen LogP contribution in [0, 0.1) is 0 Å². The van der Waals surface area contributed by atoms with Crippen LogP contribution in [0.2, 0.25) is 0 Å². The molecule has 1 saturated heterocycles. The van der Waals surface area contributed by atoms with Crippen LogP contribution in [-0.2, 0) is 14.3 Å². The summed E-state index contributed by atoms with van der Waals surface area (Å²) in [7, 11) is 2.87. The molecule has 32 heavy (non-hydrogen) atoms. The summed E-state index contributed by atoms with van der Waals surface area (Å²) in [6.45, 7) is 4.07. The fourth-order valence-electron chi connectivity index (χ4n) is 3.71. The van der Waals surface area contributed by atoms with E-state index in [9.17, 15) is 19.8 Å². The van der Waals surface area contributed by atoms with Crippen molar-refractivity contribution in [2.45, 2.75) is 26.0 Å². The molecular formula is C24H27NO7. The molecule has 0 bridgehead atoms. The second-order valence-electron chi connectivity index (χ2n) is 7.54. The van der Waals surface area contributed by atoms with Gasteiger partial charge in [-0.25, -0.2) is 0 Å². The molecule has 0 spiro atoms. The molecule has 0 radical (unpaired) electrons. The smallest absolute Gasteiger partial charge is 0.295 e. The number of amides is 1. The second kappa shape index (κ2) is 9.74. The molecule has 1 fully saturated rings. The first-order valence-corrected chi connectivity index (χ1v) is 10.2. The summed E-state index contributed by atoms with van der Waals surface area (Å²) in [5, 5.41) is 21.4. The van der Waals surface area contributed by atoms with Crippen LogP contribution in [0.15, 0.2) is 48.0 Å². The number of phenols is 1. The van der Waals surface area contributed by atoms with Gasteiger partial charge in [0.05, 0.1) is 44.1 Å². The predicted molar refractivity (Wildman–Crippen MR) is 118 cm³/mol. The summed E-state index contributed by atoms with van der Waals surface area (Å²) in [6, 6.07) is 10.4. The highest BCUT2D eigenvalue weighted by atomic mass is 16.5. The number of para-hydroxylation sites is 1. The van der Waals surface area contributed by atoms with Crippen LogP contribution in [0.25, 0.3) is 5.76 Å². The van der Waals surface area contributed by atoms with Crippen molar-refractivity contribution in [1.82, 2.24) is 4.90 Å². The van der Waals surface area contributed by atoms with Gasteiger partial charge in [0, 0.05) is 6.54 Å². The second-order valence-corrected chi connectivity index (χ2v) is 7.54. The van der Waals surface area contributed by atoms with Gasteiger partial charge < -0.3 is 29.3 Å². The van der Waals surface area contributed by atoms with E-state index in [1.54, 1.807) is 36.4 Å². The van der Waals surface area contributed by atoms with Crippen LogP contribution in [0.4, 0.5) is 0 Å². The zero-order valence-corrected chi connectivity index (χ0v) is 18.5. The van der Waals surface area contributed by atoms with Crippen LogP contribution in [0.5, 0.6) is 17.2 Å². The summed E-state index contributed by atoms with van der Waals surface area (Å²) < 4.78 is 16.0. The lowest BCUT2D eigenvalue weighted by Gasteiger charge is -2.26. The molecule has 1 atom stereocenters. The number of nitrogens with zero attached hydrogens (tertiary/aromatic N) is 1. The zero-order chi connectivity index (χ0) is 23.4. The number of hydrogen-bond donors (Lipinski definition) is 2. The van der Waals surface area contributed by atoms with E-state index in [0.717, 1.165) is 0 Å². The Bertz CT molecular complexity index is 1040. The molecule has 0 saturated carbocycles. The topological polar surface area (TPSA) is 106 Å². The highest BCUT2D eigenvalue weighted by Crippen LogP contribution is 2.42. The van der Waals surface area contributed by atoms with Crippen molar-refractivity contribution < 1.29 is 34.0 Å². The molecule has 0 aromatic heterocycles. The summed E-state index contributed by atoms with van der Waals surface area (Å²) in [6.07, 6.45) is -0.0520. The number of hydrogen-bond acceptors (Lipinski definition) is 7. The average molecular weight is 441 g/mol. The Morgan fingerprint density at radius 1 is 1.06 bits per heavy atom. The van der Waals surface area contributed by atoms with Crippen LogP contribution < -0.4 is 9.47 Å². The summed E-state index contributed by atoms with van der Waals surface area (Å²) in [5.41, 5.74) is 0.645. The third-order valence-corrected chi connectivity index (χ3v) is 5.20. The van der Waals surface area contributed by atoms with E-state index in [2.05, 4.69) is 0 Å². The van der Waals surface area contributed by atoms with Gasteiger partial charge in [-0.05, 0) is 43.7 Å². The molecule has 1 aliphatic rings. The largest absolute Gasteiger partial charge is 0.507 e. The number of carbonyl (C=O) groups is 2. The lowest BCUT2D eigenvalue weighted by atomic mass is 9.94. The van der Waals surface area contributed by atoms with Gasteiger partial charge in [0.2, 0.25) is 0 Å². The predicted octanol–water partition coefficient (Wildman–Crippen LogP) is 3.26. The number of phenolic OH excluding ortho intramolecular Hbond substituents is 1. The molecule has 170 valence electrons. The minimum Gasteiger partial charge on any atom is -0.507 e. The lowest BCUT2D eigenvalue weighted by molar-refractivity contribution is -0.140. The Hall–Kier alpha value is -3.52. The van der Waals surface area contributed by atoms with Crippen molar-refractivity contribution in [1.29, 1.82) is 0 Å². The van der Waals surface area contributed by atoms with Gasteiger partial charge in [0.1, 0.15) is 11.5 Å². The molecule has 2 N–H and O–H groups in total. The summed E-state index contributed by atoms with van der Waals surface area (Å²) in [4.78, 5) is 27.3. The minimum atomic E-state index is -0.924. The van der Waals surface area contributed by atoms with Gasteiger partial charge in [-0.3, -0.25) is 9.59 Å². The monoisotopic (exact) mass is 441 g/mol. The zero-order valence-electron chi connectivity index (χ0n) is 18.5. The highest BCUT2D eigenvalue weighted by molar-refractivity contribution is 6.46. The van der Waals surface area contributed by atoms with E-state index in [1.165, 1.54) is 25.2 Å².